The van der Waals surface area contributed by atoms with E-state index in [1.807, 2.05) is 4.90 Å². The smallest absolute Gasteiger partial charge is 0.225 e. The maximum atomic E-state index is 12.8. The van der Waals surface area contributed by atoms with Gasteiger partial charge in [0.05, 0.1) is 5.75 Å². The summed E-state index contributed by atoms with van der Waals surface area (Å²) in [5.41, 5.74) is 0. The van der Waals surface area contributed by atoms with Crippen LogP contribution < -0.4 is 0 Å². The van der Waals surface area contributed by atoms with Crippen molar-refractivity contribution >= 4 is 15.9 Å². The first-order chi connectivity index (χ1) is 10.8. The monoisotopic (exact) mass is 344 g/mol. The summed E-state index contributed by atoms with van der Waals surface area (Å²) in [5, 5.41) is 0. The summed E-state index contributed by atoms with van der Waals surface area (Å²) in [6.45, 7) is 8.95. The number of hydrogen-bond donors (Lipinski definition) is 0. The molecule has 134 valence electrons. The largest absolute Gasteiger partial charge is 0.342 e. The molecular weight excluding hydrogens is 312 g/mol. The zero-order chi connectivity index (χ0) is 17.0. The molecule has 2 rings (SSSR count). The van der Waals surface area contributed by atoms with Crippen LogP contribution in [0.3, 0.4) is 0 Å². The second-order valence-corrected chi connectivity index (χ2v) is 9.59. The van der Waals surface area contributed by atoms with Gasteiger partial charge in [-0.3, -0.25) is 4.79 Å². The Morgan fingerprint density at radius 1 is 1.04 bits per heavy atom. The summed E-state index contributed by atoms with van der Waals surface area (Å²) in [4.78, 5) is 14.8. The van der Waals surface area contributed by atoms with Crippen molar-refractivity contribution in [3.8, 4) is 0 Å². The van der Waals surface area contributed by atoms with Gasteiger partial charge in [-0.05, 0) is 50.9 Å². The minimum atomic E-state index is -3.11. The zero-order valence-corrected chi connectivity index (χ0v) is 15.6. The normalized spacial score (nSPS) is 25.6. The van der Waals surface area contributed by atoms with Gasteiger partial charge in [-0.25, -0.2) is 12.7 Å². The van der Waals surface area contributed by atoms with E-state index in [0.29, 0.717) is 31.8 Å². The highest BCUT2D eigenvalue weighted by Gasteiger charge is 2.33. The minimum Gasteiger partial charge on any atom is -0.342 e. The highest BCUT2D eigenvalue weighted by Crippen LogP contribution is 2.27. The first-order valence-electron chi connectivity index (χ1n) is 9.11. The van der Waals surface area contributed by atoms with Gasteiger partial charge < -0.3 is 4.90 Å². The third-order valence-corrected chi connectivity index (χ3v) is 7.47. The average molecular weight is 345 g/mol. The van der Waals surface area contributed by atoms with E-state index in [0.717, 1.165) is 31.8 Å². The molecule has 2 aliphatic rings. The summed E-state index contributed by atoms with van der Waals surface area (Å²) in [7, 11) is -3.11. The molecule has 0 unspecified atom stereocenters. The first-order valence-corrected chi connectivity index (χ1v) is 10.7. The highest BCUT2D eigenvalue weighted by atomic mass is 32.2. The maximum Gasteiger partial charge on any atom is 0.225 e. The third kappa shape index (κ3) is 4.69. The lowest BCUT2D eigenvalue weighted by Gasteiger charge is -2.33. The summed E-state index contributed by atoms with van der Waals surface area (Å²) >= 11 is 0. The number of rotatable bonds is 4. The van der Waals surface area contributed by atoms with Gasteiger partial charge in [-0.1, -0.05) is 13.8 Å². The molecule has 0 spiro atoms. The van der Waals surface area contributed by atoms with E-state index < -0.39 is 10.0 Å². The second-order valence-electron chi connectivity index (χ2n) is 7.33. The molecule has 0 aromatic rings. The van der Waals surface area contributed by atoms with Crippen LogP contribution >= 0.6 is 0 Å². The predicted molar refractivity (Wildman–Crippen MR) is 92.5 cm³/mol. The van der Waals surface area contributed by atoms with E-state index in [9.17, 15) is 13.2 Å². The first kappa shape index (κ1) is 18.7. The van der Waals surface area contributed by atoms with Crippen LogP contribution in [0.15, 0.2) is 0 Å². The molecule has 0 aromatic heterocycles. The minimum absolute atomic E-state index is 0.00825. The Hall–Kier alpha value is -0.620. The molecule has 23 heavy (non-hydrogen) atoms. The standard InChI is InChI=1S/C17H32N2O3S/c1-4-23(21,22)19-12-8-16(9-13-19)17(20)18-10-5-6-15(7-11-18)14(2)3/h14-16H,4-13H2,1-3H3/t15-/m0/s1. The number of carbonyl (C=O) groups is 1. The van der Waals surface area contributed by atoms with Crippen LogP contribution in [0.25, 0.3) is 0 Å². The van der Waals surface area contributed by atoms with Crippen molar-refractivity contribution in [3.05, 3.63) is 0 Å². The van der Waals surface area contributed by atoms with E-state index in [-0.39, 0.29) is 17.6 Å². The lowest BCUT2D eigenvalue weighted by molar-refractivity contribution is -0.136. The van der Waals surface area contributed by atoms with Crippen molar-refractivity contribution in [2.24, 2.45) is 17.8 Å². The van der Waals surface area contributed by atoms with Gasteiger partial charge in [0.25, 0.3) is 0 Å². The Morgan fingerprint density at radius 2 is 1.70 bits per heavy atom. The van der Waals surface area contributed by atoms with Gasteiger partial charge in [-0.15, -0.1) is 0 Å². The van der Waals surface area contributed by atoms with Crippen LogP contribution in [0.5, 0.6) is 0 Å². The van der Waals surface area contributed by atoms with E-state index in [1.165, 1.54) is 6.42 Å². The van der Waals surface area contributed by atoms with E-state index in [4.69, 9.17) is 0 Å². The molecule has 0 radical (unpaired) electrons. The fraction of sp³-hybridized carbons (Fsp3) is 0.941. The molecule has 2 fully saturated rings. The Balaban J connectivity index is 1.87. The van der Waals surface area contributed by atoms with E-state index >= 15 is 0 Å². The average Bonchev–Trinajstić information content (AvgIpc) is 2.80. The van der Waals surface area contributed by atoms with E-state index in [1.54, 1.807) is 11.2 Å². The van der Waals surface area contributed by atoms with Gasteiger partial charge in [0.15, 0.2) is 0 Å². The molecule has 0 N–H and O–H groups in total. The molecule has 6 heteroatoms. The molecule has 2 heterocycles. The molecule has 0 bridgehead atoms. The quantitative estimate of drug-likeness (QED) is 0.786. The lowest BCUT2D eigenvalue weighted by Crippen LogP contribution is -2.45. The van der Waals surface area contributed by atoms with Crippen molar-refractivity contribution in [2.45, 2.75) is 52.9 Å². The fourth-order valence-electron chi connectivity index (χ4n) is 3.83. The molecule has 0 aromatic carbocycles. The van der Waals surface area contributed by atoms with Crippen LogP contribution in [0.4, 0.5) is 0 Å². The SMILES string of the molecule is CCS(=O)(=O)N1CCC(C(=O)N2CCC[C@H](C(C)C)CC2)CC1. The molecule has 2 aliphatic heterocycles. The van der Waals surface area contributed by atoms with Crippen LogP contribution in [-0.4, -0.2) is 55.5 Å². The van der Waals surface area contributed by atoms with Crippen LogP contribution in [-0.2, 0) is 14.8 Å². The lowest BCUT2D eigenvalue weighted by atomic mass is 9.89. The van der Waals surface area contributed by atoms with Gasteiger partial charge in [0.2, 0.25) is 15.9 Å². The summed E-state index contributed by atoms with van der Waals surface area (Å²) < 4.78 is 25.4. The number of hydrogen-bond acceptors (Lipinski definition) is 3. The Bertz CT molecular complexity index is 496. The number of carbonyl (C=O) groups excluding carboxylic acids is 1. The van der Waals surface area contributed by atoms with E-state index in [2.05, 4.69) is 13.8 Å². The molecule has 1 amide bonds. The Kier molecular flexibility index (Phi) is 6.48. The van der Waals surface area contributed by atoms with Crippen LogP contribution in [0.1, 0.15) is 52.9 Å². The topological polar surface area (TPSA) is 57.7 Å². The molecule has 5 nitrogen and oxygen atoms in total. The molecular formula is C17H32N2O3S. The van der Waals surface area contributed by atoms with Crippen molar-refractivity contribution in [2.75, 3.05) is 31.9 Å². The van der Waals surface area contributed by atoms with Gasteiger partial charge in [-0.2, -0.15) is 0 Å². The number of nitrogens with zero attached hydrogens (tertiary/aromatic N) is 2. The van der Waals surface area contributed by atoms with Crippen molar-refractivity contribution in [3.63, 3.8) is 0 Å². The Morgan fingerprint density at radius 3 is 2.26 bits per heavy atom. The fourth-order valence-corrected chi connectivity index (χ4v) is 4.96. The summed E-state index contributed by atoms with van der Waals surface area (Å²) in [6.07, 6.45) is 4.75. The number of amides is 1. The molecule has 2 saturated heterocycles. The van der Waals surface area contributed by atoms with Gasteiger partial charge in [0.1, 0.15) is 0 Å². The summed E-state index contributed by atoms with van der Waals surface area (Å²) in [5.74, 6) is 1.82. The second kappa shape index (κ2) is 7.97. The molecule has 1 atom stereocenters. The predicted octanol–water partition coefficient (Wildman–Crippen LogP) is 2.33. The highest BCUT2D eigenvalue weighted by molar-refractivity contribution is 7.89. The van der Waals surface area contributed by atoms with Crippen LogP contribution in [0, 0.1) is 17.8 Å². The molecule has 0 saturated carbocycles. The number of piperidine rings is 1. The third-order valence-electron chi connectivity index (χ3n) is 5.59. The van der Waals surface area contributed by atoms with Crippen molar-refractivity contribution in [1.29, 1.82) is 0 Å². The Labute approximate surface area is 141 Å². The van der Waals surface area contributed by atoms with Crippen LogP contribution in [0.2, 0.25) is 0 Å². The maximum absolute atomic E-state index is 12.8. The van der Waals surface area contributed by atoms with Crippen molar-refractivity contribution < 1.29 is 13.2 Å². The molecule has 0 aliphatic carbocycles. The zero-order valence-electron chi connectivity index (χ0n) is 14.8. The van der Waals surface area contributed by atoms with Gasteiger partial charge >= 0.3 is 0 Å². The number of sulfonamides is 1. The van der Waals surface area contributed by atoms with Gasteiger partial charge in [0, 0.05) is 32.1 Å². The van der Waals surface area contributed by atoms with Crippen molar-refractivity contribution in [1.82, 2.24) is 9.21 Å². The summed E-state index contributed by atoms with van der Waals surface area (Å²) in [6, 6.07) is 0. The number of likely N-dealkylation sites (tertiary alicyclic amines) is 1.